The van der Waals surface area contributed by atoms with Crippen molar-refractivity contribution in [1.82, 2.24) is 4.90 Å². The molecule has 0 aliphatic carbocycles. The number of aliphatic hydroxyl groups is 1. The van der Waals surface area contributed by atoms with E-state index < -0.39 is 0 Å². The molecule has 0 amide bonds. The van der Waals surface area contributed by atoms with Crippen LogP contribution in [0.3, 0.4) is 0 Å². The van der Waals surface area contributed by atoms with Crippen molar-refractivity contribution in [1.29, 1.82) is 0 Å². The Kier molecular flexibility index (Phi) is 5.40. The fourth-order valence-corrected chi connectivity index (χ4v) is 1.44. The molecule has 1 aliphatic rings. The summed E-state index contributed by atoms with van der Waals surface area (Å²) in [5, 5.41) is 9.64. The molecule has 1 saturated heterocycles. The second-order valence-electron chi connectivity index (χ2n) is 3.95. The predicted octanol–water partition coefficient (Wildman–Crippen LogP) is 0.104. The number of morpholine rings is 1. The van der Waals surface area contributed by atoms with Crippen LogP contribution in [0.2, 0.25) is 0 Å². The van der Waals surface area contributed by atoms with Crippen LogP contribution < -0.4 is 0 Å². The van der Waals surface area contributed by atoms with E-state index in [9.17, 15) is 5.11 Å². The molecule has 0 aromatic heterocycles. The van der Waals surface area contributed by atoms with Crippen LogP contribution >= 0.6 is 0 Å². The zero-order chi connectivity index (χ0) is 10.4. The Labute approximate surface area is 85.8 Å². The zero-order valence-electron chi connectivity index (χ0n) is 9.11. The first-order valence-electron chi connectivity index (χ1n) is 5.28. The average molecular weight is 203 g/mol. The van der Waals surface area contributed by atoms with Gasteiger partial charge in [0.25, 0.3) is 0 Å². The summed E-state index contributed by atoms with van der Waals surface area (Å²) in [6.45, 7) is 8.45. The van der Waals surface area contributed by atoms with Crippen LogP contribution in [-0.4, -0.2) is 61.7 Å². The van der Waals surface area contributed by atoms with E-state index in [4.69, 9.17) is 9.47 Å². The first kappa shape index (κ1) is 11.9. The van der Waals surface area contributed by atoms with Gasteiger partial charge >= 0.3 is 0 Å². The summed E-state index contributed by atoms with van der Waals surface area (Å²) < 4.78 is 10.6. The van der Waals surface area contributed by atoms with Crippen LogP contribution in [-0.2, 0) is 9.47 Å². The fourth-order valence-electron chi connectivity index (χ4n) is 1.44. The lowest BCUT2D eigenvalue weighted by Crippen LogP contribution is -2.42. The molecule has 0 bridgehead atoms. The van der Waals surface area contributed by atoms with Crippen LogP contribution in [0, 0.1) is 0 Å². The third kappa shape index (κ3) is 4.91. The molecule has 0 radical (unpaired) electrons. The van der Waals surface area contributed by atoms with Crippen molar-refractivity contribution in [2.75, 3.05) is 39.5 Å². The molecule has 0 spiro atoms. The molecule has 1 aliphatic heterocycles. The van der Waals surface area contributed by atoms with Crippen molar-refractivity contribution in [2.24, 2.45) is 0 Å². The molecule has 1 rings (SSSR count). The number of hydrogen-bond acceptors (Lipinski definition) is 4. The zero-order valence-corrected chi connectivity index (χ0v) is 9.11. The predicted molar refractivity (Wildman–Crippen MR) is 54.4 cm³/mol. The summed E-state index contributed by atoms with van der Waals surface area (Å²) >= 11 is 0. The van der Waals surface area contributed by atoms with Gasteiger partial charge in [0.05, 0.1) is 32.0 Å². The molecule has 84 valence electrons. The third-order valence-corrected chi connectivity index (χ3v) is 2.19. The van der Waals surface area contributed by atoms with Gasteiger partial charge in [-0.2, -0.15) is 0 Å². The van der Waals surface area contributed by atoms with Gasteiger partial charge in [0, 0.05) is 19.6 Å². The summed E-state index contributed by atoms with van der Waals surface area (Å²) in [6, 6.07) is 0. The van der Waals surface area contributed by atoms with Crippen molar-refractivity contribution < 1.29 is 14.6 Å². The highest BCUT2D eigenvalue weighted by atomic mass is 16.5. The lowest BCUT2D eigenvalue weighted by molar-refractivity contribution is -0.0278. The quantitative estimate of drug-likeness (QED) is 0.688. The van der Waals surface area contributed by atoms with E-state index in [-0.39, 0.29) is 12.2 Å². The Hall–Kier alpha value is -0.160. The molecule has 0 aromatic rings. The number of ether oxygens (including phenoxy) is 2. The van der Waals surface area contributed by atoms with E-state index >= 15 is 0 Å². The minimum Gasteiger partial charge on any atom is -0.389 e. The Morgan fingerprint density at radius 1 is 1.36 bits per heavy atom. The molecule has 0 aromatic carbocycles. The normalized spacial score (nSPS) is 21.4. The maximum Gasteiger partial charge on any atom is 0.0900 e. The summed E-state index contributed by atoms with van der Waals surface area (Å²) in [6.07, 6.45) is -0.190. The average Bonchev–Trinajstić information content (AvgIpc) is 2.16. The maximum atomic E-state index is 9.64. The van der Waals surface area contributed by atoms with Crippen molar-refractivity contribution in [3.05, 3.63) is 0 Å². The van der Waals surface area contributed by atoms with Gasteiger partial charge in [0.1, 0.15) is 0 Å². The lowest BCUT2D eigenvalue weighted by atomic mass is 10.3. The molecule has 14 heavy (non-hydrogen) atoms. The molecule has 1 fully saturated rings. The molecular weight excluding hydrogens is 182 g/mol. The summed E-state index contributed by atoms with van der Waals surface area (Å²) in [5.41, 5.74) is 0. The second kappa shape index (κ2) is 6.35. The summed E-state index contributed by atoms with van der Waals surface area (Å²) in [4.78, 5) is 2.21. The van der Waals surface area contributed by atoms with Gasteiger partial charge in [-0.15, -0.1) is 0 Å². The van der Waals surface area contributed by atoms with Gasteiger partial charge < -0.3 is 14.6 Å². The molecule has 4 nitrogen and oxygen atoms in total. The minimum absolute atomic E-state index is 0.189. The third-order valence-electron chi connectivity index (χ3n) is 2.19. The first-order valence-corrected chi connectivity index (χ1v) is 5.28. The van der Waals surface area contributed by atoms with Gasteiger partial charge in [0.15, 0.2) is 0 Å². The highest BCUT2D eigenvalue weighted by molar-refractivity contribution is 4.67. The monoisotopic (exact) mass is 203 g/mol. The summed E-state index contributed by atoms with van der Waals surface area (Å²) in [7, 11) is 0. The van der Waals surface area contributed by atoms with E-state index in [1.54, 1.807) is 0 Å². The molecule has 4 heteroatoms. The van der Waals surface area contributed by atoms with Crippen molar-refractivity contribution in [3.63, 3.8) is 0 Å². The molecule has 1 atom stereocenters. The van der Waals surface area contributed by atoms with Crippen LogP contribution in [0.5, 0.6) is 0 Å². The van der Waals surface area contributed by atoms with E-state index in [0.29, 0.717) is 13.2 Å². The van der Waals surface area contributed by atoms with Crippen molar-refractivity contribution >= 4 is 0 Å². The Morgan fingerprint density at radius 2 is 2.00 bits per heavy atom. The van der Waals surface area contributed by atoms with E-state index in [1.807, 2.05) is 13.8 Å². The van der Waals surface area contributed by atoms with Crippen LogP contribution in [0.1, 0.15) is 13.8 Å². The topological polar surface area (TPSA) is 41.9 Å². The standard InChI is InChI=1S/C10H21NO3/c1-9(2)14-8-10(12)7-11-3-5-13-6-4-11/h9-10,12H,3-8H2,1-2H3/t10-/m1/s1. The Morgan fingerprint density at radius 3 is 2.57 bits per heavy atom. The van der Waals surface area contributed by atoms with Crippen LogP contribution in [0.4, 0.5) is 0 Å². The van der Waals surface area contributed by atoms with Gasteiger partial charge in [0.2, 0.25) is 0 Å². The maximum absolute atomic E-state index is 9.64. The van der Waals surface area contributed by atoms with Crippen LogP contribution in [0.25, 0.3) is 0 Å². The van der Waals surface area contributed by atoms with Crippen LogP contribution in [0.15, 0.2) is 0 Å². The van der Waals surface area contributed by atoms with Gasteiger partial charge in [-0.1, -0.05) is 0 Å². The Balaban J connectivity index is 2.09. The lowest BCUT2D eigenvalue weighted by Gasteiger charge is -2.28. The highest BCUT2D eigenvalue weighted by Crippen LogP contribution is 2.00. The molecule has 1 N–H and O–H groups in total. The fraction of sp³-hybridized carbons (Fsp3) is 1.00. The minimum atomic E-state index is -0.379. The van der Waals surface area contributed by atoms with Gasteiger partial charge in [-0.3, -0.25) is 4.90 Å². The number of nitrogens with zero attached hydrogens (tertiary/aromatic N) is 1. The van der Waals surface area contributed by atoms with E-state index in [1.165, 1.54) is 0 Å². The largest absolute Gasteiger partial charge is 0.389 e. The van der Waals surface area contributed by atoms with E-state index in [2.05, 4.69) is 4.90 Å². The molecule has 0 unspecified atom stereocenters. The number of aliphatic hydroxyl groups excluding tert-OH is 1. The second-order valence-corrected chi connectivity index (χ2v) is 3.95. The SMILES string of the molecule is CC(C)OC[C@H](O)CN1CCOCC1. The number of hydrogen-bond donors (Lipinski definition) is 1. The van der Waals surface area contributed by atoms with E-state index in [0.717, 1.165) is 26.3 Å². The summed E-state index contributed by atoms with van der Waals surface area (Å²) in [5.74, 6) is 0. The Bertz CT molecular complexity index is 146. The smallest absolute Gasteiger partial charge is 0.0900 e. The first-order chi connectivity index (χ1) is 6.68. The van der Waals surface area contributed by atoms with Gasteiger partial charge in [-0.05, 0) is 13.8 Å². The van der Waals surface area contributed by atoms with Gasteiger partial charge in [-0.25, -0.2) is 0 Å². The van der Waals surface area contributed by atoms with Crippen molar-refractivity contribution in [2.45, 2.75) is 26.1 Å². The molecule has 0 saturated carbocycles. The molecule has 1 heterocycles. The van der Waals surface area contributed by atoms with Crippen molar-refractivity contribution in [3.8, 4) is 0 Å². The number of β-amino-alcohol motifs (C(OH)–C–C–N with tert-alkyl or cyclic N) is 1. The molecular formula is C10H21NO3. The number of rotatable bonds is 5. The highest BCUT2D eigenvalue weighted by Gasteiger charge is 2.14.